The third-order valence-electron chi connectivity index (χ3n) is 2.03. The zero-order valence-electron chi connectivity index (χ0n) is 8.78. The van der Waals surface area contributed by atoms with Crippen LogP contribution in [0.15, 0.2) is 17.5 Å². The summed E-state index contributed by atoms with van der Waals surface area (Å²) in [7, 11) is 3.53. The highest BCUT2D eigenvalue weighted by molar-refractivity contribution is 7.10. The number of carbonyl (C=O) groups is 1. The van der Waals surface area contributed by atoms with Gasteiger partial charge in [0.25, 0.3) is 0 Å². The third-order valence-corrected chi connectivity index (χ3v) is 3.08. The summed E-state index contributed by atoms with van der Waals surface area (Å²) in [6.07, 6.45) is 0. The van der Waals surface area contributed by atoms with E-state index in [2.05, 4.69) is 18.3 Å². The maximum absolute atomic E-state index is 11.3. The minimum atomic E-state index is 0.105. The fraction of sp³-hybridized carbons (Fsp3) is 0.500. The quantitative estimate of drug-likeness (QED) is 0.820. The van der Waals surface area contributed by atoms with Crippen molar-refractivity contribution >= 4 is 17.2 Å². The van der Waals surface area contributed by atoms with Crippen LogP contribution in [0.5, 0.6) is 0 Å². The molecule has 1 aromatic rings. The molecule has 0 fully saturated rings. The van der Waals surface area contributed by atoms with Crippen LogP contribution in [-0.2, 0) is 4.79 Å². The lowest BCUT2D eigenvalue weighted by molar-refractivity contribution is -0.127. The van der Waals surface area contributed by atoms with Gasteiger partial charge in [0.2, 0.25) is 5.91 Å². The van der Waals surface area contributed by atoms with Crippen molar-refractivity contribution in [3.8, 4) is 0 Å². The molecule has 1 amide bonds. The van der Waals surface area contributed by atoms with Gasteiger partial charge in [-0.3, -0.25) is 4.79 Å². The Labute approximate surface area is 88.7 Å². The number of nitrogens with one attached hydrogen (secondary N) is 1. The summed E-state index contributed by atoms with van der Waals surface area (Å²) in [6, 6.07) is 4.34. The van der Waals surface area contributed by atoms with E-state index in [0.717, 1.165) is 0 Å². The van der Waals surface area contributed by atoms with Crippen molar-refractivity contribution in [2.75, 3.05) is 20.6 Å². The molecule has 0 aromatic carbocycles. The van der Waals surface area contributed by atoms with Crippen LogP contribution < -0.4 is 5.32 Å². The Morgan fingerprint density at radius 2 is 2.36 bits per heavy atom. The number of likely N-dealkylation sites (N-methyl/N-ethyl adjacent to an activating group) is 1. The molecule has 0 spiro atoms. The van der Waals surface area contributed by atoms with E-state index in [0.29, 0.717) is 6.54 Å². The lowest BCUT2D eigenvalue weighted by atomic mass is 10.3. The number of hydrogen-bond acceptors (Lipinski definition) is 3. The van der Waals surface area contributed by atoms with E-state index < -0.39 is 0 Å². The number of amides is 1. The van der Waals surface area contributed by atoms with Gasteiger partial charge in [0.15, 0.2) is 0 Å². The molecular formula is C10H16N2OS. The molecule has 0 aliphatic rings. The Morgan fingerprint density at radius 3 is 2.86 bits per heavy atom. The van der Waals surface area contributed by atoms with E-state index in [9.17, 15) is 4.79 Å². The monoisotopic (exact) mass is 212 g/mol. The van der Waals surface area contributed by atoms with Gasteiger partial charge in [0.1, 0.15) is 0 Å². The lowest BCUT2D eigenvalue weighted by Gasteiger charge is -2.14. The Hall–Kier alpha value is -0.870. The van der Waals surface area contributed by atoms with E-state index in [1.807, 2.05) is 11.4 Å². The third kappa shape index (κ3) is 3.12. The molecule has 1 aromatic heterocycles. The van der Waals surface area contributed by atoms with Gasteiger partial charge in [-0.05, 0) is 18.4 Å². The zero-order valence-corrected chi connectivity index (χ0v) is 9.60. The first-order valence-electron chi connectivity index (χ1n) is 4.58. The molecule has 0 radical (unpaired) electrons. The molecule has 4 heteroatoms. The Bertz CT molecular complexity index is 282. The number of thiophene rings is 1. The Balaban J connectivity index is 2.36. The molecule has 0 aliphatic heterocycles. The molecular weight excluding hydrogens is 196 g/mol. The number of rotatable bonds is 4. The summed E-state index contributed by atoms with van der Waals surface area (Å²) in [5, 5.41) is 5.23. The minimum Gasteiger partial charge on any atom is -0.348 e. The van der Waals surface area contributed by atoms with E-state index in [-0.39, 0.29) is 11.9 Å². The van der Waals surface area contributed by atoms with Crippen molar-refractivity contribution in [3.05, 3.63) is 22.4 Å². The number of nitrogens with zero attached hydrogens (tertiary/aromatic N) is 1. The first-order valence-corrected chi connectivity index (χ1v) is 5.46. The molecule has 78 valence electrons. The molecule has 3 nitrogen and oxygen atoms in total. The van der Waals surface area contributed by atoms with Gasteiger partial charge in [-0.15, -0.1) is 11.3 Å². The van der Waals surface area contributed by atoms with Crippen molar-refractivity contribution in [2.45, 2.75) is 13.0 Å². The van der Waals surface area contributed by atoms with Gasteiger partial charge in [-0.2, -0.15) is 0 Å². The smallest absolute Gasteiger partial charge is 0.236 e. The average molecular weight is 212 g/mol. The van der Waals surface area contributed by atoms with Gasteiger partial charge in [0.05, 0.1) is 6.54 Å². The normalized spacial score (nSPS) is 12.5. The Morgan fingerprint density at radius 1 is 1.64 bits per heavy atom. The van der Waals surface area contributed by atoms with Crippen molar-refractivity contribution in [3.63, 3.8) is 0 Å². The van der Waals surface area contributed by atoms with Gasteiger partial charge < -0.3 is 10.2 Å². The van der Waals surface area contributed by atoms with E-state index >= 15 is 0 Å². The lowest BCUT2D eigenvalue weighted by Crippen LogP contribution is -2.34. The molecule has 0 bridgehead atoms. The maximum atomic E-state index is 11.3. The molecule has 1 atom stereocenters. The van der Waals surface area contributed by atoms with Crippen LogP contribution in [-0.4, -0.2) is 31.4 Å². The van der Waals surface area contributed by atoms with Crippen molar-refractivity contribution in [1.82, 2.24) is 10.2 Å². The highest BCUT2D eigenvalue weighted by Crippen LogP contribution is 2.17. The van der Waals surface area contributed by atoms with Crippen molar-refractivity contribution in [2.24, 2.45) is 0 Å². The van der Waals surface area contributed by atoms with Gasteiger partial charge in [-0.1, -0.05) is 6.07 Å². The van der Waals surface area contributed by atoms with E-state index in [4.69, 9.17) is 0 Å². The van der Waals surface area contributed by atoms with Gasteiger partial charge in [0, 0.05) is 25.0 Å². The zero-order chi connectivity index (χ0) is 10.6. The van der Waals surface area contributed by atoms with Gasteiger partial charge >= 0.3 is 0 Å². The summed E-state index contributed by atoms with van der Waals surface area (Å²) in [6.45, 7) is 2.46. The predicted molar refractivity (Wildman–Crippen MR) is 59.4 cm³/mol. The van der Waals surface area contributed by atoms with Gasteiger partial charge in [-0.25, -0.2) is 0 Å². The largest absolute Gasteiger partial charge is 0.348 e. The molecule has 1 heterocycles. The molecule has 1 unspecified atom stereocenters. The maximum Gasteiger partial charge on any atom is 0.236 e. The van der Waals surface area contributed by atoms with Crippen LogP contribution in [0.3, 0.4) is 0 Å². The minimum absolute atomic E-state index is 0.105. The average Bonchev–Trinajstić information content (AvgIpc) is 2.66. The number of carbonyl (C=O) groups excluding carboxylic acids is 1. The second kappa shape index (κ2) is 5.12. The summed E-state index contributed by atoms with van der Waals surface area (Å²) in [4.78, 5) is 14.1. The second-order valence-electron chi connectivity index (χ2n) is 3.41. The summed E-state index contributed by atoms with van der Waals surface area (Å²) in [5.74, 6) is 0.105. The highest BCUT2D eigenvalue weighted by atomic mass is 32.1. The van der Waals surface area contributed by atoms with Crippen LogP contribution in [0.25, 0.3) is 0 Å². The van der Waals surface area contributed by atoms with Crippen LogP contribution in [0.1, 0.15) is 17.8 Å². The van der Waals surface area contributed by atoms with E-state index in [1.54, 1.807) is 30.3 Å². The summed E-state index contributed by atoms with van der Waals surface area (Å²) >= 11 is 1.70. The molecule has 14 heavy (non-hydrogen) atoms. The first-order chi connectivity index (χ1) is 6.61. The molecule has 0 saturated carbocycles. The van der Waals surface area contributed by atoms with Crippen LogP contribution in [0.4, 0.5) is 0 Å². The SMILES string of the molecule is CC(NCC(=O)N(C)C)c1cccs1. The molecule has 0 aliphatic carbocycles. The van der Waals surface area contributed by atoms with Crippen molar-refractivity contribution in [1.29, 1.82) is 0 Å². The van der Waals surface area contributed by atoms with Crippen LogP contribution in [0.2, 0.25) is 0 Å². The standard InChI is InChI=1S/C10H16N2OS/c1-8(9-5-4-6-14-9)11-7-10(13)12(2)3/h4-6,8,11H,7H2,1-3H3. The highest BCUT2D eigenvalue weighted by Gasteiger charge is 2.08. The summed E-state index contributed by atoms with van der Waals surface area (Å²) in [5.41, 5.74) is 0. The predicted octanol–water partition coefficient (Wildman–Crippen LogP) is 1.49. The molecule has 1 rings (SSSR count). The molecule has 0 saturated heterocycles. The van der Waals surface area contributed by atoms with Crippen LogP contribution in [0, 0.1) is 0 Å². The first kappa shape index (κ1) is 11.2. The second-order valence-corrected chi connectivity index (χ2v) is 4.39. The summed E-state index contributed by atoms with van der Waals surface area (Å²) < 4.78 is 0. The topological polar surface area (TPSA) is 32.3 Å². The van der Waals surface area contributed by atoms with Crippen LogP contribution >= 0.6 is 11.3 Å². The van der Waals surface area contributed by atoms with E-state index in [1.165, 1.54) is 4.88 Å². The molecule has 1 N–H and O–H groups in total. The fourth-order valence-corrected chi connectivity index (χ4v) is 1.80. The Kier molecular flexibility index (Phi) is 4.10. The fourth-order valence-electron chi connectivity index (χ4n) is 1.04. The number of hydrogen-bond donors (Lipinski definition) is 1. The van der Waals surface area contributed by atoms with Crippen molar-refractivity contribution < 1.29 is 4.79 Å².